The molecule has 0 fully saturated rings. The van der Waals surface area contributed by atoms with Crippen LogP contribution in [-0.2, 0) is 4.79 Å². The van der Waals surface area contributed by atoms with Crippen LogP contribution in [0.2, 0.25) is 0 Å². The first kappa shape index (κ1) is 16.4. The average molecular weight is 345 g/mol. The van der Waals surface area contributed by atoms with Crippen LogP contribution in [0.15, 0.2) is 21.0 Å². The molecule has 0 saturated carbocycles. The number of carbonyl (C=O) groups is 1. The molecule has 0 bridgehead atoms. The molecular weight excluding hydrogens is 324 g/mol. The van der Waals surface area contributed by atoms with E-state index in [2.05, 4.69) is 33.4 Å². The topological polar surface area (TPSA) is 41.5 Å². The second-order valence-corrected chi connectivity index (χ2v) is 6.95. The largest absolute Gasteiger partial charge is 0.273 e. The normalized spacial score (nSPS) is 11.1. The van der Waals surface area contributed by atoms with Crippen LogP contribution in [0.5, 0.6) is 0 Å². The lowest BCUT2D eigenvalue weighted by Gasteiger charge is -2.00. The SMILES string of the molecule is CCCCCCCCC(=O)N/N=C\c1ccc(Br)s1. The van der Waals surface area contributed by atoms with E-state index in [-0.39, 0.29) is 5.91 Å². The standard InChI is InChI=1S/C14H21BrN2OS/c1-2-3-4-5-6-7-8-14(18)17-16-11-12-9-10-13(15)19-12/h9-11H,2-8H2,1H3,(H,17,18)/b16-11-. The molecule has 0 atom stereocenters. The molecule has 3 nitrogen and oxygen atoms in total. The maximum atomic E-state index is 11.5. The Hall–Kier alpha value is -0.680. The zero-order chi connectivity index (χ0) is 13.9. The van der Waals surface area contributed by atoms with Crippen molar-refractivity contribution in [3.05, 3.63) is 20.8 Å². The van der Waals surface area contributed by atoms with Crippen molar-refractivity contribution < 1.29 is 4.79 Å². The molecule has 1 amide bonds. The summed E-state index contributed by atoms with van der Waals surface area (Å²) in [6.07, 6.45) is 9.40. The summed E-state index contributed by atoms with van der Waals surface area (Å²) in [5.41, 5.74) is 2.56. The van der Waals surface area contributed by atoms with Crippen molar-refractivity contribution in [1.82, 2.24) is 5.43 Å². The second-order valence-electron chi connectivity index (χ2n) is 4.45. The van der Waals surface area contributed by atoms with Crippen LogP contribution in [-0.4, -0.2) is 12.1 Å². The van der Waals surface area contributed by atoms with Crippen LogP contribution in [0.25, 0.3) is 0 Å². The molecule has 1 aromatic rings. The molecule has 0 aliphatic rings. The number of hydrazone groups is 1. The van der Waals surface area contributed by atoms with Gasteiger partial charge in [-0.25, -0.2) is 5.43 Å². The minimum absolute atomic E-state index is 0.00219. The molecule has 106 valence electrons. The van der Waals surface area contributed by atoms with Gasteiger partial charge in [0.1, 0.15) is 0 Å². The van der Waals surface area contributed by atoms with Crippen molar-refractivity contribution in [1.29, 1.82) is 0 Å². The predicted octanol–water partition coefficient (Wildman–Crippen LogP) is 4.71. The van der Waals surface area contributed by atoms with Gasteiger partial charge < -0.3 is 0 Å². The Bertz CT molecular complexity index is 404. The summed E-state index contributed by atoms with van der Waals surface area (Å²) in [6, 6.07) is 3.92. The molecule has 1 N–H and O–H groups in total. The quantitative estimate of drug-likeness (QED) is 0.393. The minimum Gasteiger partial charge on any atom is -0.273 e. The smallest absolute Gasteiger partial charge is 0.240 e. The number of amides is 1. The number of unbranched alkanes of at least 4 members (excludes halogenated alkanes) is 5. The Kier molecular flexibility index (Phi) is 8.75. The molecule has 0 aliphatic carbocycles. The third-order valence-corrected chi connectivity index (χ3v) is 4.29. The summed E-state index contributed by atoms with van der Waals surface area (Å²) < 4.78 is 1.06. The number of halogens is 1. The number of nitrogens with zero attached hydrogens (tertiary/aromatic N) is 1. The third kappa shape index (κ3) is 8.16. The molecule has 0 aromatic carbocycles. The molecule has 0 aliphatic heterocycles. The maximum absolute atomic E-state index is 11.5. The van der Waals surface area contributed by atoms with E-state index in [1.54, 1.807) is 17.6 Å². The fourth-order valence-corrected chi connectivity index (χ4v) is 2.98. The lowest BCUT2D eigenvalue weighted by atomic mass is 10.1. The van der Waals surface area contributed by atoms with Gasteiger partial charge in [-0.2, -0.15) is 5.10 Å². The summed E-state index contributed by atoms with van der Waals surface area (Å²) in [4.78, 5) is 12.5. The Morgan fingerprint density at radius 3 is 2.74 bits per heavy atom. The first-order valence-electron chi connectivity index (χ1n) is 6.79. The number of hydrogen-bond acceptors (Lipinski definition) is 3. The zero-order valence-electron chi connectivity index (χ0n) is 11.3. The summed E-state index contributed by atoms with van der Waals surface area (Å²) >= 11 is 4.97. The average Bonchev–Trinajstić information content (AvgIpc) is 2.79. The van der Waals surface area contributed by atoms with E-state index >= 15 is 0 Å². The Balaban J connectivity index is 2.06. The number of rotatable bonds is 9. The van der Waals surface area contributed by atoms with Gasteiger partial charge in [0.25, 0.3) is 0 Å². The molecular formula is C14H21BrN2OS. The predicted molar refractivity (Wildman–Crippen MR) is 85.7 cm³/mol. The summed E-state index contributed by atoms with van der Waals surface area (Å²) in [6.45, 7) is 2.21. The maximum Gasteiger partial charge on any atom is 0.240 e. The van der Waals surface area contributed by atoms with E-state index in [1.165, 1.54) is 25.7 Å². The van der Waals surface area contributed by atoms with Crippen molar-refractivity contribution in [3.63, 3.8) is 0 Å². The van der Waals surface area contributed by atoms with Gasteiger partial charge in [0.15, 0.2) is 0 Å². The molecule has 0 unspecified atom stereocenters. The molecule has 1 heterocycles. The summed E-state index contributed by atoms with van der Waals surface area (Å²) in [5, 5.41) is 3.95. The van der Waals surface area contributed by atoms with E-state index in [1.807, 2.05) is 12.1 Å². The molecule has 5 heteroatoms. The van der Waals surface area contributed by atoms with Gasteiger partial charge in [0.05, 0.1) is 10.0 Å². The molecule has 19 heavy (non-hydrogen) atoms. The molecule has 1 aromatic heterocycles. The van der Waals surface area contributed by atoms with E-state index in [0.29, 0.717) is 6.42 Å². The molecule has 0 spiro atoms. The van der Waals surface area contributed by atoms with Crippen LogP contribution < -0.4 is 5.43 Å². The minimum atomic E-state index is 0.00219. The van der Waals surface area contributed by atoms with E-state index in [4.69, 9.17) is 0 Å². The van der Waals surface area contributed by atoms with E-state index in [0.717, 1.165) is 21.5 Å². The van der Waals surface area contributed by atoms with Gasteiger partial charge in [-0.05, 0) is 34.5 Å². The van der Waals surface area contributed by atoms with Crippen molar-refractivity contribution in [2.75, 3.05) is 0 Å². The lowest BCUT2D eigenvalue weighted by Crippen LogP contribution is -2.16. The fourth-order valence-electron chi connectivity index (χ4n) is 1.69. The second kappa shape index (κ2) is 10.1. The van der Waals surface area contributed by atoms with Crippen LogP contribution in [0, 0.1) is 0 Å². The van der Waals surface area contributed by atoms with Crippen LogP contribution in [0.3, 0.4) is 0 Å². The monoisotopic (exact) mass is 344 g/mol. The van der Waals surface area contributed by atoms with Gasteiger partial charge in [-0.1, -0.05) is 39.0 Å². The summed E-state index contributed by atoms with van der Waals surface area (Å²) in [7, 11) is 0. The van der Waals surface area contributed by atoms with Crippen LogP contribution >= 0.6 is 27.3 Å². The number of thiophene rings is 1. The van der Waals surface area contributed by atoms with Crippen molar-refractivity contribution in [2.45, 2.75) is 51.9 Å². The number of nitrogens with one attached hydrogen (secondary N) is 1. The highest BCUT2D eigenvalue weighted by molar-refractivity contribution is 9.11. The van der Waals surface area contributed by atoms with Gasteiger partial charge in [-0.15, -0.1) is 11.3 Å². The lowest BCUT2D eigenvalue weighted by molar-refractivity contribution is -0.121. The van der Waals surface area contributed by atoms with Crippen molar-refractivity contribution in [2.24, 2.45) is 5.10 Å². The van der Waals surface area contributed by atoms with Crippen LogP contribution in [0.4, 0.5) is 0 Å². The first-order valence-corrected chi connectivity index (χ1v) is 8.40. The van der Waals surface area contributed by atoms with E-state index in [9.17, 15) is 4.79 Å². The zero-order valence-corrected chi connectivity index (χ0v) is 13.7. The molecule has 0 radical (unpaired) electrons. The third-order valence-electron chi connectivity index (χ3n) is 2.73. The number of hydrogen-bond donors (Lipinski definition) is 1. The molecule has 1 rings (SSSR count). The van der Waals surface area contributed by atoms with Gasteiger partial charge >= 0.3 is 0 Å². The van der Waals surface area contributed by atoms with Gasteiger partial charge in [-0.3, -0.25) is 4.79 Å². The highest BCUT2D eigenvalue weighted by Crippen LogP contribution is 2.20. The Labute approximate surface area is 127 Å². The first-order chi connectivity index (χ1) is 9.22. The highest BCUT2D eigenvalue weighted by Gasteiger charge is 1.99. The Morgan fingerprint density at radius 2 is 2.05 bits per heavy atom. The van der Waals surface area contributed by atoms with Crippen molar-refractivity contribution in [3.8, 4) is 0 Å². The van der Waals surface area contributed by atoms with Crippen molar-refractivity contribution >= 4 is 39.4 Å². The van der Waals surface area contributed by atoms with Gasteiger partial charge in [0, 0.05) is 11.3 Å². The summed E-state index contributed by atoms with van der Waals surface area (Å²) in [5.74, 6) is 0.00219. The van der Waals surface area contributed by atoms with Gasteiger partial charge in [0.2, 0.25) is 5.91 Å². The molecule has 0 saturated heterocycles. The Morgan fingerprint density at radius 1 is 1.32 bits per heavy atom. The highest BCUT2D eigenvalue weighted by atomic mass is 79.9. The number of carbonyl (C=O) groups excluding carboxylic acids is 1. The van der Waals surface area contributed by atoms with E-state index < -0.39 is 0 Å². The fraction of sp³-hybridized carbons (Fsp3) is 0.571. The van der Waals surface area contributed by atoms with Crippen LogP contribution in [0.1, 0.15) is 56.7 Å².